The van der Waals surface area contributed by atoms with Crippen LogP contribution in [-0.2, 0) is 11.2 Å². The second-order valence-electron chi connectivity index (χ2n) is 5.23. The Morgan fingerprint density at radius 2 is 2.11 bits per heavy atom. The summed E-state index contributed by atoms with van der Waals surface area (Å²) < 4.78 is 0. The summed E-state index contributed by atoms with van der Waals surface area (Å²) in [4.78, 5) is 14.0. The lowest BCUT2D eigenvalue weighted by Gasteiger charge is -2.30. The van der Waals surface area contributed by atoms with Crippen molar-refractivity contribution in [1.29, 1.82) is 0 Å². The number of rotatable bonds is 3. The van der Waals surface area contributed by atoms with Crippen molar-refractivity contribution >= 4 is 5.91 Å². The summed E-state index contributed by atoms with van der Waals surface area (Å²) in [5, 5.41) is 0. The third-order valence-corrected chi connectivity index (χ3v) is 3.56. The van der Waals surface area contributed by atoms with Crippen LogP contribution in [0, 0.1) is 6.92 Å². The predicted octanol–water partition coefficient (Wildman–Crippen LogP) is 1.88. The fourth-order valence-corrected chi connectivity index (χ4v) is 2.40. The third kappa shape index (κ3) is 3.57. The molecule has 0 aromatic heterocycles. The van der Waals surface area contributed by atoms with Crippen LogP contribution in [0.4, 0.5) is 0 Å². The molecular formula is C15H22N2O. The number of carbonyl (C=O) groups excluding carboxylic acids is 1. The van der Waals surface area contributed by atoms with Gasteiger partial charge >= 0.3 is 0 Å². The van der Waals surface area contributed by atoms with Gasteiger partial charge < -0.3 is 10.6 Å². The van der Waals surface area contributed by atoms with E-state index in [0.29, 0.717) is 6.42 Å². The summed E-state index contributed by atoms with van der Waals surface area (Å²) in [5.74, 6) is 0.241. The fraction of sp³-hybridized carbons (Fsp3) is 0.533. The molecule has 1 aromatic carbocycles. The van der Waals surface area contributed by atoms with E-state index in [1.165, 1.54) is 11.1 Å². The molecule has 1 unspecified atom stereocenters. The van der Waals surface area contributed by atoms with E-state index in [2.05, 4.69) is 31.2 Å². The first kappa shape index (κ1) is 13.1. The van der Waals surface area contributed by atoms with Gasteiger partial charge in [-0.2, -0.15) is 0 Å². The van der Waals surface area contributed by atoms with E-state index in [9.17, 15) is 4.79 Å². The summed E-state index contributed by atoms with van der Waals surface area (Å²) in [6.45, 7) is 3.68. The summed E-state index contributed by atoms with van der Waals surface area (Å²) in [7, 11) is 0. The number of benzene rings is 1. The second-order valence-corrected chi connectivity index (χ2v) is 5.23. The predicted molar refractivity (Wildman–Crippen MR) is 73.3 cm³/mol. The zero-order chi connectivity index (χ0) is 13.0. The van der Waals surface area contributed by atoms with E-state index in [1.807, 2.05) is 4.90 Å². The van der Waals surface area contributed by atoms with Crippen molar-refractivity contribution in [3.8, 4) is 0 Å². The Kier molecular flexibility index (Phi) is 4.37. The zero-order valence-corrected chi connectivity index (χ0v) is 11.1. The maximum absolute atomic E-state index is 12.1. The molecule has 0 saturated carbocycles. The molecule has 1 amide bonds. The van der Waals surface area contributed by atoms with Gasteiger partial charge in [-0.3, -0.25) is 4.79 Å². The van der Waals surface area contributed by atoms with Gasteiger partial charge in [0.15, 0.2) is 0 Å². The van der Waals surface area contributed by atoms with Crippen molar-refractivity contribution in [3.05, 3.63) is 35.4 Å². The minimum atomic E-state index is 0.169. The molecule has 1 saturated heterocycles. The first-order valence-corrected chi connectivity index (χ1v) is 6.74. The molecular weight excluding hydrogens is 224 g/mol. The SMILES string of the molecule is Cc1ccc(CCC(=O)N2CCCC(N)C2)cc1. The normalized spacial score (nSPS) is 19.9. The number of nitrogens with two attached hydrogens (primary N) is 1. The zero-order valence-electron chi connectivity index (χ0n) is 11.1. The number of amides is 1. The van der Waals surface area contributed by atoms with Gasteiger partial charge in [-0.25, -0.2) is 0 Å². The average Bonchev–Trinajstić information content (AvgIpc) is 2.38. The Balaban J connectivity index is 1.82. The maximum Gasteiger partial charge on any atom is 0.222 e. The highest BCUT2D eigenvalue weighted by Crippen LogP contribution is 2.12. The molecule has 3 nitrogen and oxygen atoms in total. The Morgan fingerprint density at radius 3 is 2.78 bits per heavy atom. The van der Waals surface area contributed by atoms with Crippen molar-refractivity contribution in [2.24, 2.45) is 5.73 Å². The Morgan fingerprint density at radius 1 is 1.39 bits per heavy atom. The largest absolute Gasteiger partial charge is 0.341 e. The van der Waals surface area contributed by atoms with Gasteiger partial charge in [0.2, 0.25) is 5.91 Å². The lowest BCUT2D eigenvalue weighted by atomic mass is 10.0. The van der Waals surface area contributed by atoms with E-state index >= 15 is 0 Å². The minimum Gasteiger partial charge on any atom is -0.341 e. The van der Waals surface area contributed by atoms with Crippen LogP contribution in [0.25, 0.3) is 0 Å². The smallest absolute Gasteiger partial charge is 0.222 e. The molecule has 2 rings (SSSR count). The number of hydrogen-bond donors (Lipinski definition) is 1. The molecule has 1 atom stereocenters. The van der Waals surface area contributed by atoms with Crippen molar-refractivity contribution < 1.29 is 4.79 Å². The number of piperidine rings is 1. The van der Waals surface area contributed by atoms with E-state index in [-0.39, 0.29) is 11.9 Å². The van der Waals surface area contributed by atoms with E-state index in [0.717, 1.165) is 32.4 Å². The topological polar surface area (TPSA) is 46.3 Å². The molecule has 0 radical (unpaired) electrons. The molecule has 0 aliphatic carbocycles. The molecule has 1 fully saturated rings. The van der Waals surface area contributed by atoms with Crippen molar-refractivity contribution in [3.63, 3.8) is 0 Å². The highest BCUT2D eigenvalue weighted by Gasteiger charge is 2.20. The van der Waals surface area contributed by atoms with Crippen molar-refractivity contribution in [2.45, 2.75) is 38.6 Å². The van der Waals surface area contributed by atoms with Crippen LogP contribution >= 0.6 is 0 Å². The molecule has 2 N–H and O–H groups in total. The van der Waals surface area contributed by atoms with Gasteiger partial charge in [0.1, 0.15) is 0 Å². The number of likely N-dealkylation sites (tertiary alicyclic amines) is 1. The third-order valence-electron chi connectivity index (χ3n) is 3.56. The molecule has 1 aliphatic rings. The number of hydrogen-bond acceptors (Lipinski definition) is 2. The van der Waals surface area contributed by atoms with Crippen LogP contribution in [0.3, 0.4) is 0 Å². The number of carbonyl (C=O) groups is 1. The fourth-order valence-electron chi connectivity index (χ4n) is 2.40. The molecule has 0 bridgehead atoms. The average molecular weight is 246 g/mol. The summed E-state index contributed by atoms with van der Waals surface area (Å²) >= 11 is 0. The Labute approximate surface area is 109 Å². The molecule has 1 aromatic rings. The van der Waals surface area contributed by atoms with Crippen LogP contribution in [0.1, 0.15) is 30.4 Å². The highest BCUT2D eigenvalue weighted by molar-refractivity contribution is 5.76. The lowest BCUT2D eigenvalue weighted by Crippen LogP contribution is -2.45. The van der Waals surface area contributed by atoms with Crippen molar-refractivity contribution in [2.75, 3.05) is 13.1 Å². The number of nitrogens with zero attached hydrogens (tertiary/aromatic N) is 1. The molecule has 1 aliphatic heterocycles. The Hall–Kier alpha value is -1.35. The van der Waals surface area contributed by atoms with E-state index < -0.39 is 0 Å². The van der Waals surface area contributed by atoms with Crippen LogP contribution in [0.5, 0.6) is 0 Å². The van der Waals surface area contributed by atoms with Crippen LogP contribution in [0.2, 0.25) is 0 Å². The minimum absolute atomic E-state index is 0.169. The lowest BCUT2D eigenvalue weighted by molar-refractivity contribution is -0.132. The quantitative estimate of drug-likeness (QED) is 0.885. The summed E-state index contributed by atoms with van der Waals surface area (Å²) in [5.41, 5.74) is 8.38. The molecule has 98 valence electrons. The van der Waals surface area contributed by atoms with Gasteiger partial charge in [0.05, 0.1) is 0 Å². The first-order chi connectivity index (χ1) is 8.65. The molecule has 3 heteroatoms. The van der Waals surface area contributed by atoms with Gasteiger partial charge in [-0.05, 0) is 31.7 Å². The van der Waals surface area contributed by atoms with Gasteiger partial charge in [0.25, 0.3) is 0 Å². The monoisotopic (exact) mass is 246 g/mol. The van der Waals surface area contributed by atoms with E-state index in [4.69, 9.17) is 5.73 Å². The van der Waals surface area contributed by atoms with Gasteiger partial charge in [-0.1, -0.05) is 29.8 Å². The molecule has 0 spiro atoms. The molecule has 18 heavy (non-hydrogen) atoms. The first-order valence-electron chi connectivity index (χ1n) is 6.74. The molecule has 1 heterocycles. The van der Waals surface area contributed by atoms with Crippen LogP contribution in [-0.4, -0.2) is 29.9 Å². The van der Waals surface area contributed by atoms with Crippen LogP contribution < -0.4 is 5.73 Å². The van der Waals surface area contributed by atoms with Crippen LogP contribution in [0.15, 0.2) is 24.3 Å². The summed E-state index contributed by atoms with van der Waals surface area (Å²) in [6, 6.07) is 8.56. The maximum atomic E-state index is 12.1. The summed E-state index contributed by atoms with van der Waals surface area (Å²) in [6.07, 6.45) is 3.50. The second kappa shape index (κ2) is 6.01. The van der Waals surface area contributed by atoms with Gasteiger partial charge in [0, 0.05) is 25.6 Å². The van der Waals surface area contributed by atoms with Crippen molar-refractivity contribution in [1.82, 2.24) is 4.90 Å². The Bertz CT molecular complexity index is 399. The van der Waals surface area contributed by atoms with E-state index in [1.54, 1.807) is 0 Å². The number of aryl methyl sites for hydroxylation is 2. The van der Waals surface area contributed by atoms with Gasteiger partial charge in [-0.15, -0.1) is 0 Å². The standard InChI is InChI=1S/C15H22N2O/c1-12-4-6-13(7-5-12)8-9-15(18)17-10-2-3-14(16)11-17/h4-7,14H,2-3,8-11,16H2,1H3. The highest BCUT2D eigenvalue weighted by atomic mass is 16.2.